The molecule has 0 aromatic heterocycles. The summed E-state index contributed by atoms with van der Waals surface area (Å²) >= 11 is 0. The molecule has 2 atom stereocenters. The van der Waals surface area contributed by atoms with Crippen LogP contribution in [0.15, 0.2) is 72.8 Å². The molecule has 0 spiro atoms. The normalized spacial score (nSPS) is 20.4. The van der Waals surface area contributed by atoms with Crippen LogP contribution >= 0.6 is 0 Å². The number of nitrogens with zero attached hydrogens (tertiary/aromatic N) is 1. The molecule has 1 unspecified atom stereocenters. The van der Waals surface area contributed by atoms with Gasteiger partial charge in [0.15, 0.2) is 17.6 Å². The molecular formula is C25H23NO4. The van der Waals surface area contributed by atoms with E-state index in [0.29, 0.717) is 19.7 Å². The number of carboxylic acid groups (broad SMARTS) is 1. The van der Waals surface area contributed by atoms with E-state index in [1.165, 1.54) is 0 Å². The molecule has 0 amide bonds. The number of carbonyl (C=O) groups is 1. The Labute approximate surface area is 175 Å². The van der Waals surface area contributed by atoms with Crippen molar-refractivity contribution in [3.05, 3.63) is 95.1 Å². The summed E-state index contributed by atoms with van der Waals surface area (Å²) in [5.74, 6) is 0.299. The maximum atomic E-state index is 11.8. The van der Waals surface area contributed by atoms with Gasteiger partial charge in [0, 0.05) is 19.6 Å². The lowest BCUT2D eigenvalue weighted by Crippen LogP contribution is -2.36. The predicted octanol–water partition coefficient (Wildman–Crippen LogP) is 4.38. The summed E-state index contributed by atoms with van der Waals surface area (Å²) < 4.78 is 11.9. The molecule has 0 radical (unpaired) electrons. The fraction of sp³-hybridized carbons (Fsp3) is 0.240. The van der Waals surface area contributed by atoms with Crippen LogP contribution in [0, 0.1) is 0 Å². The summed E-state index contributed by atoms with van der Waals surface area (Å²) in [5, 5.41) is 9.67. The lowest BCUT2D eigenvalue weighted by molar-refractivity contribution is -0.139. The molecule has 2 aliphatic rings. The maximum Gasteiger partial charge on any atom is 0.312 e. The van der Waals surface area contributed by atoms with Gasteiger partial charge in [-0.25, -0.2) is 0 Å². The van der Waals surface area contributed by atoms with Crippen molar-refractivity contribution >= 4 is 5.97 Å². The first kappa shape index (κ1) is 18.7. The van der Waals surface area contributed by atoms with Crippen LogP contribution in [0.5, 0.6) is 11.5 Å². The lowest BCUT2D eigenvalue weighted by Gasteiger charge is -2.33. The molecule has 1 N–H and O–H groups in total. The van der Waals surface area contributed by atoms with Gasteiger partial charge in [0.25, 0.3) is 0 Å². The summed E-state index contributed by atoms with van der Waals surface area (Å²) in [4.78, 5) is 14.0. The highest BCUT2D eigenvalue weighted by Gasteiger charge is 2.30. The molecule has 152 valence electrons. The van der Waals surface area contributed by atoms with Gasteiger partial charge in [-0.15, -0.1) is 0 Å². The predicted molar refractivity (Wildman–Crippen MR) is 113 cm³/mol. The Balaban J connectivity index is 1.28. The maximum absolute atomic E-state index is 11.8. The molecule has 0 saturated heterocycles. The van der Waals surface area contributed by atoms with Crippen molar-refractivity contribution in [2.24, 2.45) is 0 Å². The monoisotopic (exact) mass is 401 g/mol. The fourth-order valence-corrected chi connectivity index (χ4v) is 4.29. The molecule has 30 heavy (non-hydrogen) atoms. The van der Waals surface area contributed by atoms with Crippen molar-refractivity contribution in [3.8, 4) is 11.5 Å². The molecular weight excluding hydrogens is 378 g/mol. The molecule has 2 aliphatic heterocycles. The van der Waals surface area contributed by atoms with E-state index < -0.39 is 11.9 Å². The van der Waals surface area contributed by atoms with Crippen LogP contribution in [0.2, 0.25) is 0 Å². The van der Waals surface area contributed by atoms with Crippen molar-refractivity contribution < 1.29 is 19.4 Å². The quantitative estimate of drug-likeness (QED) is 0.703. The number of hydrogen-bond donors (Lipinski definition) is 1. The third-order valence-corrected chi connectivity index (χ3v) is 5.83. The number of para-hydroxylation sites is 2. The smallest absolute Gasteiger partial charge is 0.312 e. The summed E-state index contributed by atoms with van der Waals surface area (Å²) in [6.45, 7) is 2.48. The molecule has 5 heteroatoms. The van der Waals surface area contributed by atoms with Crippen molar-refractivity contribution in [3.63, 3.8) is 0 Å². The highest BCUT2D eigenvalue weighted by Crippen LogP contribution is 2.36. The molecule has 0 aliphatic carbocycles. The molecule has 3 aromatic rings. The zero-order valence-corrected chi connectivity index (χ0v) is 16.5. The van der Waals surface area contributed by atoms with E-state index >= 15 is 0 Å². The molecule has 0 bridgehead atoms. The second-order valence-electron chi connectivity index (χ2n) is 7.87. The van der Waals surface area contributed by atoms with Gasteiger partial charge < -0.3 is 14.6 Å². The number of aliphatic carboxylic acids is 1. The van der Waals surface area contributed by atoms with Crippen molar-refractivity contribution in [2.45, 2.75) is 25.1 Å². The summed E-state index contributed by atoms with van der Waals surface area (Å²) in [7, 11) is 0. The van der Waals surface area contributed by atoms with Crippen molar-refractivity contribution in [1.82, 2.24) is 4.90 Å². The third-order valence-electron chi connectivity index (χ3n) is 5.83. The van der Waals surface area contributed by atoms with Gasteiger partial charge in [0.2, 0.25) is 0 Å². The van der Waals surface area contributed by atoms with Gasteiger partial charge in [-0.2, -0.15) is 0 Å². The minimum atomic E-state index is -0.766. The van der Waals surface area contributed by atoms with Crippen molar-refractivity contribution in [1.29, 1.82) is 0 Å². The van der Waals surface area contributed by atoms with Gasteiger partial charge in [-0.05, 0) is 34.4 Å². The molecule has 0 saturated carbocycles. The Morgan fingerprint density at radius 1 is 0.967 bits per heavy atom. The van der Waals surface area contributed by atoms with E-state index in [4.69, 9.17) is 9.47 Å². The Morgan fingerprint density at radius 3 is 2.50 bits per heavy atom. The zero-order chi connectivity index (χ0) is 20.5. The molecule has 3 aromatic carbocycles. The molecule has 2 heterocycles. The fourth-order valence-electron chi connectivity index (χ4n) is 4.29. The number of fused-ring (bicyclic) bond motifs is 2. The number of benzene rings is 3. The van der Waals surface area contributed by atoms with E-state index in [2.05, 4.69) is 29.2 Å². The topological polar surface area (TPSA) is 59.0 Å². The average Bonchev–Trinajstić information content (AvgIpc) is 2.78. The van der Waals surface area contributed by atoms with Crippen LogP contribution in [0.3, 0.4) is 0 Å². The van der Waals surface area contributed by atoms with Gasteiger partial charge in [0.1, 0.15) is 6.61 Å². The first-order chi connectivity index (χ1) is 14.7. The molecule has 5 rings (SSSR count). The van der Waals surface area contributed by atoms with E-state index in [9.17, 15) is 9.90 Å². The second-order valence-corrected chi connectivity index (χ2v) is 7.87. The Bertz CT molecular complexity index is 1060. The molecule has 0 fully saturated rings. The van der Waals surface area contributed by atoms with Gasteiger partial charge in [0.05, 0.1) is 5.92 Å². The zero-order valence-electron chi connectivity index (χ0n) is 16.5. The Hall–Kier alpha value is -3.31. The van der Waals surface area contributed by atoms with Crippen LogP contribution in [-0.2, 0) is 17.9 Å². The summed E-state index contributed by atoms with van der Waals surface area (Å²) in [5.41, 5.74) is 4.26. The minimum Gasteiger partial charge on any atom is -0.485 e. The largest absolute Gasteiger partial charge is 0.485 e. The Morgan fingerprint density at radius 2 is 1.70 bits per heavy atom. The first-order valence-corrected chi connectivity index (χ1v) is 10.2. The number of ether oxygens (including phenoxy) is 2. The number of carboxylic acids is 1. The SMILES string of the molecule is O=C(O)C1CN(Cc2ccc([C@H]3COc4ccccc4O3)cc2)Cc2ccccc21. The Kier molecular flexibility index (Phi) is 4.89. The van der Waals surface area contributed by atoms with E-state index in [0.717, 1.165) is 40.3 Å². The van der Waals surface area contributed by atoms with Crippen LogP contribution in [0.25, 0.3) is 0 Å². The summed E-state index contributed by atoms with van der Waals surface area (Å²) in [6, 6.07) is 23.9. The lowest BCUT2D eigenvalue weighted by atomic mass is 9.89. The highest BCUT2D eigenvalue weighted by atomic mass is 16.6. The summed E-state index contributed by atoms with van der Waals surface area (Å²) in [6.07, 6.45) is -0.132. The first-order valence-electron chi connectivity index (χ1n) is 10.2. The van der Waals surface area contributed by atoms with Gasteiger partial charge >= 0.3 is 5.97 Å². The number of rotatable bonds is 4. The van der Waals surface area contributed by atoms with Crippen LogP contribution in [0.1, 0.15) is 34.3 Å². The van der Waals surface area contributed by atoms with Gasteiger partial charge in [-0.1, -0.05) is 60.7 Å². The number of hydrogen-bond acceptors (Lipinski definition) is 4. The van der Waals surface area contributed by atoms with Gasteiger partial charge in [-0.3, -0.25) is 9.69 Å². The molecule has 5 nitrogen and oxygen atoms in total. The van der Waals surface area contributed by atoms with Crippen molar-refractivity contribution in [2.75, 3.05) is 13.2 Å². The van der Waals surface area contributed by atoms with Crippen LogP contribution in [0.4, 0.5) is 0 Å². The highest BCUT2D eigenvalue weighted by molar-refractivity contribution is 5.77. The average molecular weight is 401 g/mol. The second kappa shape index (κ2) is 7.84. The minimum absolute atomic E-state index is 0.132. The van der Waals surface area contributed by atoms with E-state index in [1.807, 2.05) is 48.5 Å². The third kappa shape index (κ3) is 3.64. The standard InChI is InChI=1S/C25H23NO4/c27-25(28)21-15-26(14-19-5-1-2-6-20(19)21)13-17-9-11-18(12-10-17)24-16-29-22-7-3-4-8-23(22)30-24/h1-12,21,24H,13-16H2,(H,27,28)/t21?,24-/m1/s1. The van der Waals surface area contributed by atoms with Crippen LogP contribution in [-0.4, -0.2) is 29.1 Å². The van der Waals surface area contributed by atoms with E-state index in [1.54, 1.807) is 0 Å². The van der Waals surface area contributed by atoms with Crippen LogP contribution < -0.4 is 9.47 Å². The van der Waals surface area contributed by atoms with E-state index in [-0.39, 0.29) is 6.10 Å².